The molecular weight excluding hydrogens is 355 g/mol. The zero-order valence-corrected chi connectivity index (χ0v) is 15.4. The highest BCUT2D eigenvalue weighted by Gasteiger charge is 2.19. The van der Waals surface area contributed by atoms with Gasteiger partial charge >= 0.3 is 13.5 Å². The van der Waals surface area contributed by atoms with Crippen LogP contribution in [0.2, 0.25) is 0 Å². The van der Waals surface area contributed by atoms with Crippen molar-refractivity contribution >= 4 is 34.5 Å². The van der Waals surface area contributed by atoms with Crippen LogP contribution < -0.4 is 5.46 Å². The van der Waals surface area contributed by atoms with Gasteiger partial charge < -0.3 is 9.76 Å². The van der Waals surface area contributed by atoms with Gasteiger partial charge in [-0.05, 0) is 25.1 Å². The predicted molar refractivity (Wildman–Crippen MR) is 99.0 cm³/mol. The van der Waals surface area contributed by atoms with Crippen LogP contribution in [0.4, 0.5) is 0 Å². The molecule has 0 saturated carbocycles. The minimum Gasteiger partial charge on any atom is -0.465 e. The van der Waals surface area contributed by atoms with Crippen LogP contribution in [0, 0.1) is 6.92 Å². The Hall–Kier alpha value is -2.45. The molecule has 0 amide bonds. The third kappa shape index (κ3) is 4.80. The fourth-order valence-electron chi connectivity index (χ4n) is 2.41. The topological polar surface area (TPSA) is 97.7 Å². The number of carbonyl (C=O) groups is 2. The van der Waals surface area contributed by atoms with Crippen molar-refractivity contribution in [2.24, 2.45) is 0 Å². The SMILES string of the molecule is COC(=O)c1cc(BO)cc(C(=O)CCS(=O)(=O)c2ccc(C)cc2)c1. The van der Waals surface area contributed by atoms with E-state index in [1.807, 2.05) is 6.92 Å². The van der Waals surface area contributed by atoms with Gasteiger partial charge in [0.25, 0.3) is 0 Å². The molecule has 0 unspecified atom stereocenters. The molecule has 0 spiro atoms. The van der Waals surface area contributed by atoms with Gasteiger partial charge in [-0.2, -0.15) is 0 Å². The monoisotopic (exact) mass is 374 g/mol. The van der Waals surface area contributed by atoms with Crippen LogP contribution in [0.1, 0.15) is 32.7 Å². The first-order valence-corrected chi connectivity index (χ1v) is 9.58. The number of hydrogen-bond acceptors (Lipinski definition) is 6. The number of sulfone groups is 1. The number of aryl methyl sites for hydroxylation is 1. The zero-order valence-electron chi connectivity index (χ0n) is 14.6. The first-order valence-electron chi connectivity index (χ1n) is 7.92. The van der Waals surface area contributed by atoms with Crippen molar-refractivity contribution in [3.8, 4) is 0 Å². The van der Waals surface area contributed by atoms with Crippen LogP contribution >= 0.6 is 0 Å². The van der Waals surface area contributed by atoms with E-state index < -0.39 is 21.6 Å². The summed E-state index contributed by atoms with van der Waals surface area (Å²) in [7, 11) is -2.73. The molecule has 0 radical (unpaired) electrons. The van der Waals surface area contributed by atoms with Gasteiger partial charge in [0.2, 0.25) is 0 Å². The van der Waals surface area contributed by atoms with E-state index in [4.69, 9.17) is 0 Å². The predicted octanol–water partition coefficient (Wildman–Crippen LogP) is 0.797. The van der Waals surface area contributed by atoms with E-state index in [1.54, 1.807) is 12.1 Å². The van der Waals surface area contributed by atoms with E-state index in [-0.39, 0.29) is 35.7 Å². The molecule has 6 nitrogen and oxygen atoms in total. The van der Waals surface area contributed by atoms with Gasteiger partial charge in [0.05, 0.1) is 23.3 Å². The first kappa shape index (κ1) is 19.9. The minimum atomic E-state index is -3.59. The lowest BCUT2D eigenvalue weighted by Crippen LogP contribution is -2.20. The Morgan fingerprint density at radius 1 is 1.08 bits per heavy atom. The van der Waals surface area contributed by atoms with Gasteiger partial charge in [-0.1, -0.05) is 35.3 Å². The second-order valence-electron chi connectivity index (χ2n) is 5.87. The van der Waals surface area contributed by atoms with Gasteiger partial charge in [-0.3, -0.25) is 4.79 Å². The summed E-state index contributed by atoms with van der Waals surface area (Å²) in [5, 5.41) is 9.29. The Balaban J connectivity index is 2.19. The number of hydrogen-bond donors (Lipinski definition) is 1. The number of Topliss-reactive ketones (excluding diaryl/α,β-unsaturated/α-hetero) is 1. The van der Waals surface area contributed by atoms with Gasteiger partial charge in [0, 0.05) is 12.0 Å². The van der Waals surface area contributed by atoms with Gasteiger partial charge in [-0.15, -0.1) is 0 Å². The second kappa shape index (κ2) is 8.29. The molecule has 0 aliphatic rings. The minimum absolute atomic E-state index is 0.129. The summed E-state index contributed by atoms with van der Waals surface area (Å²) < 4.78 is 29.3. The quantitative estimate of drug-likeness (QED) is 0.437. The number of rotatable bonds is 7. The Bertz CT molecular complexity index is 919. The standard InChI is InChI=1S/C18H19BO6S/c1-12-3-5-16(6-4-12)26(23,24)8-7-17(20)13-9-14(18(21)25-2)11-15(10-13)19-22/h3-6,9-11,19,22H,7-8H2,1-2H3. The highest BCUT2D eigenvalue weighted by Crippen LogP contribution is 2.15. The molecule has 2 rings (SSSR count). The van der Waals surface area contributed by atoms with E-state index in [0.717, 1.165) is 5.56 Å². The lowest BCUT2D eigenvalue weighted by atomic mass is 9.85. The summed E-state index contributed by atoms with van der Waals surface area (Å²) in [5.41, 5.74) is 1.61. The number of benzene rings is 2. The Kier molecular flexibility index (Phi) is 6.34. The summed E-state index contributed by atoms with van der Waals surface area (Å²) in [5.74, 6) is -1.41. The van der Waals surface area contributed by atoms with Crippen molar-refractivity contribution in [2.45, 2.75) is 18.2 Å². The van der Waals surface area contributed by atoms with E-state index in [2.05, 4.69) is 4.74 Å². The van der Waals surface area contributed by atoms with Crippen LogP contribution in [0.3, 0.4) is 0 Å². The van der Waals surface area contributed by atoms with Crippen molar-refractivity contribution < 1.29 is 27.8 Å². The molecule has 0 aromatic heterocycles. The third-order valence-corrected chi connectivity index (χ3v) is 5.63. The van der Waals surface area contributed by atoms with E-state index >= 15 is 0 Å². The molecule has 136 valence electrons. The molecule has 2 aromatic rings. The molecule has 0 fully saturated rings. The normalized spacial score (nSPS) is 11.0. The van der Waals surface area contributed by atoms with Crippen molar-refractivity contribution in [3.05, 3.63) is 59.2 Å². The first-order chi connectivity index (χ1) is 12.3. The number of esters is 1. The van der Waals surface area contributed by atoms with E-state index in [1.165, 1.54) is 37.4 Å². The van der Waals surface area contributed by atoms with Crippen LogP contribution in [0.15, 0.2) is 47.4 Å². The molecular formula is C18H19BO6S. The maximum atomic E-state index is 12.4. The second-order valence-corrected chi connectivity index (χ2v) is 7.98. The highest BCUT2D eigenvalue weighted by molar-refractivity contribution is 7.91. The van der Waals surface area contributed by atoms with Crippen LogP contribution in [0.5, 0.6) is 0 Å². The van der Waals surface area contributed by atoms with Gasteiger partial charge in [-0.25, -0.2) is 13.2 Å². The fraction of sp³-hybridized carbons (Fsp3) is 0.222. The molecule has 0 aliphatic carbocycles. The highest BCUT2D eigenvalue weighted by atomic mass is 32.2. The van der Waals surface area contributed by atoms with Crippen molar-refractivity contribution in [3.63, 3.8) is 0 Å². The summed E-state index contributed by atoms with van der Waals surface area (Å²) >= 11 is 0. The molecule has 0 bridgehead atoms. The lowest BCUT2D eigenvalue weighted by molar-refractivity contribution is 0.0601. The fourth-order valence-corrected chi connectivity index (χ4v) is 3.66. The van der Waals surface area contributed by atoms with Crippen LogP contribution in [0.25, 0.3) is 0 Å². The molecule has 1 N–H and O–H groups in total. The van der Waals surface area contributed by atoms with Gasteiger partial charge in [0.15, 0.2) is 15.6 Å². The molecule has 0 saturated heterocycles. The van der Waals surface area contributed by atoms with Crippen molar-refractivity contribution in [2.75, 3.05) is 12.9 Å². The van der Waals surface area contributed by atoms with Crippen molar-refractivity contribution in [1.82, 2.24) is 0 Å². The summed E-state index contributed by atoms with van der Waals surface area (Å²) in [6, 6.07) is 10.6. The Morgan fingerprint density at radius 2 is 1.69 bits per heavy atom. The maximum absolute atomic E-state index is 12.4. The Morgan fingerprint density at radius 3 is 2.27 bits per heavy atom. The lowest BCUT2D eigenvalue weighted by Gasteiger charge is -2.08. The van der Waals surface area contributed by atoms with Gasteiger partial charge in [0.1, 0.15) is 0 Å². The largest absolute Gasteiger partial charge is 0.465 e. The third-order valence-electron chi connectivity index (χ3n) is 3.90. The molecule has 0 aliphatic heterocycles. The van der Waals surface area contributed by atoms with E-state index in [0.29, 0.717) is 5.46 Å². The average molecular weight is 374 g/mol. The summed E-state index contributed by atoms with van der Waals surface area (Å²) in [6.07, 6.45) is -0.230. The Labute approximate surface area is 153 Å². The van der Waals surface area contributed by atoms with Crippen LogP contribution in [-0.4, -0.2) is 45.5 Å². The average Bonchev–Trinajstić information content (AvgIpc) is 2.65. The molecule has 0 atom stereocenters. The van der Waals surface area contributed by atoms with Crippen LogP contribution in [-0.2, 0) is 14.6 Å². The molecule has 26 heavy (non-hydrogen) atoms. The smallest absolute Gasteiger partial charge is 0.337 e. The maximum Gasteiger partial charge on any atom is 0.337 e. The summed E-state index contributed by atoms with van der Waals surface area (Å²) in [4.78, 5) is 24.2. The number of methoxy groups -OCH3 is 1. The van der Waals surface area contributed by atoms with E-state index in [9.17, 15) is 23.0 Å². The zero-order chi connectivity index (χ0) is 19.3. The molecule has 8 heteroatoms. The van der Waals surface area contributed by atoms with Crippen molar-refractivity contribution in [1.29, 1.82) is 0 Å². The molecule has 0 heterocycles. The number of ether oxygens (including phenoxy) is 1. The summed E-state index contributed by atoms with van der Waals surface area (Å²) in [6.45, 7) is 1.85. The number of carbonyl (C=O) groups excluding carboxylic acids is 2. The number of ketones is 1. The molecule has 2 aromatic carbocycles.